The van der Waals surface area contributed by atoms with E-state index in [1.807, 2.05) is 25.1 Å². The monoisotopic (exact) mass is 393 g/mol. The van der Waals surface area contributed by atoms with E-state index in [4.69, 9.17) is 4.42 Å². The van der Waals surface area contributed by atoms with Gasteiger partial charge in [-0.15, -0.1) is 0 Å². The average Bonchev–Trinajstić information content (AvgIpc) is 2.81. The molecule has 21 heavy (non-hydrogen) atoms. The number of rotatable bonds is 3. The Hall–Kier alpha value is -1.89. The summed E-state index contributed by atoms with van der Waals surface area (Å²) in [6.45, 7) is 2.41. The van der Waals surface area contributed by atoms with Crippen LogP contribution in [0, 0.1) is 3.57 Å². The molecule has 2 aromatic carbocycles. The lowest BCUT2D eigenvalue weighted by molar-refractivity contribution is 0.103. The van der Waals surface area contributed by atoms with E-state index in [1.165, 1.54) is 4.57 Å². The standard InChI is InChI=1S/C16H12INO3/c1-2-18-13-8-7-10(9-14(13)21-16(18)20)15(19)11-5-3-4-6-12(11)17/h3-9H,2H2,1H3. The molecule has 0 amide bonds. The first-order chi connectivity index (χ1) is 10.1. The van der Waals surface area contributed by atoms with Gasteiger partial charge in [0.15, 0.2) is 11.4 Å². The minimum Gasteiger partial charge on any atom is -0.408 e. The van der Waals surface area contributed by atoms with E-state index in [0.717, 1.165) is 3.57 Å². The Bertz CT molecular complexity index is 892. The summed E-state index contributed by atoms with van der Waals surface area (Å²) in [4.78, 5) is 24.2. The van der Waals surface area contributed by atoms with E-state index in [0.29, 0.717) is 28.8 Å². The van der Waals surface area contributed by atoms with Crippen LogP contribution in [0.4, 0.5) is 0 Å². The Morgan fingerprint density at radius 3 is 2.71 bits per heavy atom. The quantitative estimate of drug-likeness (QED) is 0.506. The molecule has 0 saturated heterocycles. The normalized spacial score (nSPS) is 11.0. The number of ketones is 1. The number of hydrogen-bond acceptors (Lipinski definition) is 3. The lowest BCUT2D eigenvalue weighted by Gasteiger charge is -2.04. The molecule has 0 saturated carbocycles. The van der Waals surface area contributed by atoms with Gasteiger partial charge in [-0.2, -0.15) is 0 Å². The SMILES string of the molecule is CCn1c(=O)oc2cc(C(=O)c3ccccc3I)ccc21. The van der Waals surface area contributed by atoms with Crippen molar-refractivity contribution in [2.45, 2.75) is 13.5 Å². The maximum atomic E-state index is 12.5. The van der Waals surface area contributed by atoms with E-state index < -0.39 is 5.76 Å². The van der Waals surface area contributed by atoms with Gasteiger partial charge >= 0.3 is 5.76 Å². The Morgan fingerprint density at radius 1 is 1.24 bits per heavy atom. The number of benzene rings is 2. The van der Waals surface area contributed by atoms with E-state index in [-0.39, 0.29) is 5.78 Å². The van der Waals surface area contributed by atoms with Crippen LogP contribution in [-0.2, 0) is 6.54 Å². The predicted molar refractivity (Wildman–Crippen MR) is 88.7 cm³/mol. The van der Waals surface area contributed by atoms with Crippen LogP contribution >= 0.6 is 22.6 Å². The van der Waals surface area contributed by atoms with Crippen LogP contribution in [-0.4, -0.2) is 10.4 Å². The molecule has 0 unspecified atom stereocenters. The van der Waals surface area contributed by atoms with E-state index in [2.05, 4.69) is 22.6 Å². The van der Waals surface area contributed by atoms with Crippen molar-refractivity contribution in [2.24, 2.45) is 0 Å². The second kappa shape index (κ2) is 5.48. The molecule has 0 spiro atoms. The highest BCUT2D eigenvalue weighted by Gasteiger charge is 2.15. The Morgan fingerprint density at radius 2 is 2.00 bits per heavy atom. The van der Waals surface area contributed by atoms with Gasteiger partial charge in [-0.05, 0) is 59.8 Å². The summed E-state index contributed by atoms with van der Waals surface area (Å²) in [5, 5.41) is 0. The fourth-order valence-corrected chi connectivity index (χ4v) is 2.94. The molecule has 0 aliphatic rings. The highest BCUT2D eigenvalue weighted by molar-refractivity contribution is 14.1. The summed E-state index contributed by atoms with van der Waals surface area (Å²) in [5.41, 5.74) is 2.32. The molecule has 1 aromatic heterocycles. The van der Waals surface area contributed by atoms with Gasteiger partial charge in [-0.25, -0.2) is 4.79 Å². The van der Waals surface area contributed by atoms with Gasteiger partial charge in [0.1, 0.15) is 0 Å². The molecule has 0 aliphatic heterocycles. The largest absolute Gasteiger partial charge is 0.419 e. The van der Waals surface area contributed by atoms with E-state index >= 15 is 0 Å². The number of hydrogen-bond donors (Lipinski definition) is 0. The van der Waals surface area contributed by atoms with Crippen LogP contribution in [0.1, 0.15) is 22.8 Å². The number of aryl methyl sites for hydroxylation is 1. The summed E-state index contributed by atoms with van der Waals surface area (Å²) in [6.07, 6.45) is 0. The zero-order valence-corrected chi connectivity index (χ0v) is 13.5. The molecule has 0 atom stereocenters. The molecular formula is C16H12INO3. The van der Waals surface area contributed by atoms with Crippen molar-refractivity contribution in [3.05, 3.63) is 67.7 Å². The van der Waals surface area contributed by atoms with Crippen LogP contribution in [0.3, 0.4) is 0 Å². The third-order valence-corrected chi connectivity index (χ3v) is 4.31. The van der Waals surface area contributed by atoms with Gasteiger partial charge < -0.3 is 4.42 Å². The lowest BCUT2D eigenvalue weighted by atomic mass is 10.0. The average molecular weight is 393 g/mol. The van der Waals surface area contributed by atoms with Crippen LogP contribution in [0.2, 0.25) is 0 Å². The minimum atomic E-state index is -0.397. The van der Waals surface area contributed by atoms with E-state index in [1.54, 1.807) is 24.3 Å². The first-order valence-corrected chi connectivity index (χ1v) is 7.62. The molecule has 0 fully saturated rings. The molecule has 1 heterocycles. The number of aromatic nitrogens is 1. The predicted octanol–water partition coefficient (Wildman–Crippen LogP) is 3.45. The van der Waals surface area contributed by atoms with Crippen molar-refractivity contribution in [1.29, 1.82) is 0 Å². The molecule has 0 aliphatic carbocycles. The zero-order chi connectivity index (χ0) is 15.0. The fourth-order valence-electron chi connectivity index (χ4n) is 2.31. The maximum Gasteiger partial charge on any atom is 0.419 e. The smallest absolute Gasteiger partial charge is 0.408 e. The van der Waals surface area contributed by atoms with Crippen molar-refractivity contribution in [1.82, 2.24) is 4.57 Å². The highest BCUT2D eigenvalue weighted by atomic mass is 127. The van der Waals surface area contributed by atoms with Crippen LogP contribution < -0.4 is 5.76 Å². The number of nitrogens with zero attached hydrogens (tertiary/aromatic N) is 1. The molecular weight excluding hydrogens is 381 g/mol. The summed E-state index contributed by atoms with van der Waals surface area (Å²) in [7, 11) is 0. The van der Waals surface area contributed by atoms with Gasteiger partial charge in [0, 0.05) is 21.2 Å². The molecule has 0 N–H and O–H groups in total. The molecule has 4 nitrogen and oxygen atoms in total. The first kappa shape index (κ1) is 14.1. The second-order valence-electron chi connectivity index (χ2n) is 4.60. The molecule has 5 heteroatoms. The molecule has 3 rings (SSSR count). The fraction of sp³-hybridized carbons (Fsp3) is 0.125. The summed E-state index contributed by atoms with van der Waals surface area (Å²) in [5.74, 6) is -0.472. The number of oxazole rings is 1. The number of carbonyl (C=O) groups excluding carboxylic acids is 1. The minimum absolute atomic E-state index is 0.0752. The Labute approximate surface area is 134 Å². The Kier molecular flexibility index (Phi) is 3.67. The molecule has 3 aromatic rings. The molecule has 0 bridgehead atoms. The van der Waals surface area contributed by atoms with Gasteiger partial charge in [0.05, 0.1) is 5.52 Å². The van der Waals surface area contributed by atoms with Crippen LogP contribution in [0.15, 0.2) is 51.7 Å². The number of fused-ring (bicyclic) bond motifs is 1. The number of halogens is 1. The molecule has 106 valence electrons. The number of carbonyl (C=O) groups is 1. The van der Waals surface area contributed by atoms with Crippen molar-refractivity contribution < 1.29 is 9.21 Å². The van der Waals surface area contributed by atoms with Gasteiger partial charge in [-0.3, -0.25) is 9.36 Å². The van der Waals surface area contributed by atoms with Gasteiger partial charge in [-0.1, -0.05) is 12.1 Å². The summed E-state index contributed by atoms with van der Waals surface area (Å²) in [6, 6.07) is 12.5. The maximum absolute atomic E-state index is 12.5. The Balaban J connectivity index is 2.12. The first-order valence-electron chi connectivity index (χ1n) is 6.54. The van der Waals surface area contributed by atoms with Crippen molar-refractivity contribution in [3.63, 3.8) is 0 Å². The third kappa shape index (κ3) is 2.42. The molecule has 0 radical (unpaired) electrons. The zero-order valence-electron chi connectivity index (χ0n) is 11.3. The lowest BCUT2D eigenvalue weighted by Crippen LogP contribution is -2.12. The van der Waals surface area contributed by atoms with Crippen molar-refractivity contribution >= 4 is 39.5 Å². The third-order valence-electron chi connectivity index (χ3n) is 3.37. The van der Waals surface area contributed by atoms with Gasteiger partial charge in [0.2, 0.25) is 0 Å². The topological polar surface area (TPSA) is 52.2 Å². The van der Waals surface area contributed by atoms with Crippen LogP contribution in [0.5, 0.6) is 0 Å². The highest BCUT2D eigenvalue weighted by Crippen LogP contribution is 2.20. The van der Waals surface area contributed by atoms with E-state index in [9.17, 15) is 9.59 Å². The summed E-state index contributed by atoms with van der Waals surface area (Å²) < 4.78 is 7.63. The summed E-state index contributed by atoms with van der Waals surface area (Å²) >= 11 is 2.14. The van der Waals surface area contributed by atoms with Crippen molar-refractivity contribution in [2.75, 3.05) is 0 Å². The van der Waals surface area contributed by atoms with Crippen LogP contribution in [0.25, 0.3) is 11.1 Å². The second-order valence-corrected chi connectivity index (χ2v) is 5.77. The van der Waals surface area contributed by atoms with Crippen molar-refractivity contribution in [3.8, 4) is 0 Å². The van der Waals surface area contributed by atoms with Gasteiger partial charge in [0.25, 0.3) is 0 Å².